The van der Waals surface area contributed by atoms with Crippen molar-refractivity contribution in [2.24, 2.45) is 0 Å². The highest BCUT2D eigenvalue weighted by Crippen LogP contribution is 2.18. The first kappa shape index (κ1) is 13.3. The number of H-pyrrole nitrogens is 1. The number of aromatic amines is 1. The van der Waals surface area contributed by atoms with Crippen molar-refractivity contribution >= 4 is 34.3 Å². The number of aromatic nitrogens is 5. The minimum atomic E-state index is -0.253. The van der Waals surface area contributed by atoms with E-state index in [0.29, 0.717) is 16.9 Å². The predicted octanol–water partition coefficient (Wildman–Crippen LogP) is 2.08. The average molecular weight is 300 g/mol. The van der Waals surface area contributed by atoms with Crippen molar-refractivity contribution in [2.75, 3.05) is 0 Å². The molecule has 6 nitrogen and oxygen atoms in total. The normalized spacial score (nSPS) is 10.7. The Balaban J connectivity index is 0.00000132. The summed E-state index contributed by atoms with van der Waals surface area (Å²) < 4.78 is 1.38. The molecule has 0 amide bonds. The van der Waals surface area contributed by atoms with Crippen molar-refractivity contribution in [1.29, 1.82) is 0 Å². The smallest absolute Gasteiger partial charge is 0.286 e. The molecule has 4 rings (SSSR count). The molecule has 1 aromatic carbocycles. The Morgan fingerprint density at radius 3 is 2.62 bits per heavy atom. The molecule has 0 spiro atoms. The standard InChI is InChI=1S/C14H9N5O.ClH/c20-14-13-12(9-5-1-2-6-10(9)16-17-13)18-19(14)11-7-3-4-8-15-11;/h1-8,18H;1H. The van der Waals surface area contributed by atoms with E-state index in [1.807, 2.05) is 30.3 Å². The van der Waals surface area contributed by atoms with Gasteiger partial charge in [-0.15, -0.1) is 22.6 Å². The molecule has 3 aromatic heterocycles. The Kier molecular flexibility index (Phi) is 3.15. The van der Waals surface area contributed by atoms with Crippen molar-refractivity contribution in [3.8, 4) is 5.82 Å². The van der Waals surface area contributed by atoms with Gasteiger partial charge in [-0.3, -0.25) is 9.89 Å². The largest absolute Gasteiger partial charge is 0.301 e. The maximum absolute atomic E-state index is 12.4. The lowest BCUT2D eigenvalue weighted by atomic mass is 10.2. The first-order chi connectivity index (χ1) is 9.84. The minimum absolute atomic E-state index is 0. The van der Waals surface area contributed by atoms with Crippen LogP contribution in [0.1, 0.15) is 0 Å². The number of fused-ring (bicyclic) bond motifs is 3. The van der Waals surface area contributed by atoms with E-state index in [9.17, 15) is 4.79 Å². The highest BCUT2D eigenvalue weighted by atomic mass is 35.5. The molecule has 0 atom stereocenters. The predicted molar refractivity (Wildman–Crippen MR) is 82.0 cm³/mol. The Bertz CT molecular complexity index is 977. The van der Waals surface area contributed by atoms with Crippen molar-refractivity contribution in [3.63, 3.8) is 0 Å². The Labute approximate surface area is 124 Å². The molecule has 4 aromatic rings. The van der Waals surface area contributed by atoms with Gasteiger partial charge < -0.3 is 0 Å². The van der Waals surface area contributed by atoms with E-state index in [4.69, 9.17) is 0 Å². The lowest BCUT2D eigenvalue weighted by molar-refractivity contribution is 0.831. The van der Waals surface area contributed by atoms with E-state index in [1.165, 1.54) is 4.68 Å². The fourth-order valence-electron chi connectivity index (χ4n) is 2.23. The third-order valence-electron chi connectivity index (χ3n) is 3.18. The monoisotopic (exact) mass is 299 g/mol. The molecule has 0 saturated carbocycles. The fraction of sp³-hybridized carbons (Fsp3) is 0. The van der Waals surface area contributed by atoms with Gasteiger partial charge in [0.25, 0.3) is 0 Å². The zero-order chi connectivity index (χ0) is 13.5. The maximum atomic E-state index is 12.4. The van der Waals surface area contributed by atoms with Crippen LogP contribution in [0.15, 0.2) is 53.5 Å². The molecule has 7 heteroatoms. The van der Waals surface area contributed by atoms with Gasteiger partial charge in [-0.2, -0.15) is 4.68 Å². The van der Waals surface area contributed by atoms with Gasteiger partial charge in [0.2, 0.25) is 0 Å². The molecule has 0 aliphatic carbocycles. The second-order valence-electron chi connectivity index (χ2n) is 4.38. The summed E-state index contributed by atoms with van der Waals surface area (Å²) in [5.74, 6) is 0.527. The van der Waals surface area contributed by atoms with E-state index >= 15 is 0 Å². The van der Waals surface area contributed by atoms with E-state index in [2.05, 4.69) is 20.3 Å². The summed E-state index contributed by atoms with van der Waals surface area (Å²) in [5.41, 5.74) is 1.48. The van der Waals surface area contributed by atoms with Gasteiger partial charge in [0, 0.05) is 11.6 Å². The molecule has 21 heavy (non-hydrogen) atoms. The maximum Gasteiger partial charge on any atom is 0.301 e. The summed E-state index contributed by atoms with van der Waals surface area (Å²) in [4.78, 5) is 16.5. The third-order valence-corrected chi connectivity index (χ3v) is 3.18. The molecule has 1 N–H and O–H groups in total. The molecule has 3 heterocycles. The molecule has 0 unspecified atom stereocenters. The molecule has 104 valence electrons. The highest BCUT2D eigenvalue weighted by molar-refractivity contribution is 6.00. The summed E-state index contributed by atoms with van der Waals surface area (Å²) in [6.45, 7) is 0. The van der Waals surface area contributed by atoms with E-state index in [0.717, 1.165) is 10.9 Å². The summed E-state index contributed by atoms with van der Waals surface area (Å²) >= 11 is 0. The number of hydrogen-bond acceptors (Lipinski definition) is 4. The number of benzene rings is 1. The van der Waals surface area contributed by atoms with Crippen LogP contribution in [0.2, 0.25) is 0 Å². The first-order valence-corrected chi connectivity index (χ1v) is 6.12. The molecular weight excluding hydrogens is 290 g/mol. The van der Waals surface area contributed by atoms with Crippen molar-refractivity contribution in [3.05, 3.63) is 59.0 Å². The molecule has 0 aliphatic rings. The van der Waals surface area contributed by atoms with Crippen molar-refractivity contribution in [2.45, 2.75) is 0 Å². The number of rotatable bonds is 1. The second kappa shape index (κ2) is 4.99. The Hall–Kier alpha value is -2.73. The van der Waals surface area contributed by atoms with Gasteiger partial charge in [0.05, 0.1) is 11.0 Å². The van der Waals surface area contributed by atoms with Gasteiger partial charge in [-0.05, 0) is 18.2 Å². The van der Waals surface area contributed by atoms with Crippen LogP contribution in [0, 0.1) is 0 Å². The van der Waals surface area contributed by atoms with Crippen LogP contribution < -0.4 is 5.56 Å². The SMILES string of the molecule is Cl.O=c1c2nnc3ccccc3c2[nH]n1-c1ccccn1. The Morgan fingerprint density at radius 2 is 1.81 bits per heavy atom. The van der Waals surface area contributed by atoms with Crippen molar-refractivity contribution in [1.82, 2.24) is 25.0 Å². The van der Waals surface area contributed by atoms with Crippen LogP contribution in [-0.4, -0.2) is 25.0 Å². The summed E-state index contributed by atoms with van der Waals surface area (Å²) in [7, 11) is 0. The first-order valence-electron chi connectivity index (χ1n) is 6.12. The van der Waals surface area contributed by atoms with E-state index in [-0.39, 0.29) is 18.0 Å². The third kappa shape index (κ3) is 1.96. The summed E-state index contributed by atoms with van der Waals surface area (Å²) in [6, 6.07) is 12.9. The van der Waals surface area contributed by atoms with Crippen molar-refractivity contribution < 1.29 is 0 Å². The molecule has 0 fully saturated rings. The van der Waals surface area contributed by atoms with Crippen LogP contribution in [0.3, 0.4) is 0 Å². The molecule has 0 radical (unpaired) electrons. The molecular formula is C14H10ClN5O. The lowest BCUT2D eigenvalue weighted by Crippen LogP contribution is -2.15. The van der Waals surface area contributed by atoms with Gasteiger partial charge in [0.1, 0.15) is 0 Å². The van der Waals surface area contributed by atoms with Gasteiger partial charge in [-0.25, -0.2) is 4.98 Å². The van der Waals surface area contributed by atoms with Gasteiger partial charge in [-0.1, -0.05) is 24.3 Å². The topological polar surface area (TPSA) is 76.5 Å². The van der Waals surface area contributed by atoms with Gasteiger partial charge >= 0.3 is 5.56 Å². The van der Waals surface area contributed by atoms with Gasteiger partial charge in [0.15, 0.2) is 11.3 Å². The zero-order valence-corrected chi connectivity index (χ0v) is 11.5. The van der Waals surface area contributed by atoms with Crippen LogP contribution in [0.25, 0.3) is 27.8 Å². The number of halogens is 1. The van der Waals surface area contributed by atoms with E-state index in [1.54, 1.807) is 18.3 Å². The number of nitrogens with zero attached hydrogens (tertiary/aromatic N) is 4. The fourth-order valence-corrected chi connectivity index (χ4v) is 2.23. The van der Waals surface area contributed by atoms with E-state index < -0.39 is 0 Å². The highest BCUT2D eigenvalue weighted by Gasteiger charge is 2.13. The molecule has 0 aliphatic heterocycles. The summed E-state index contributed by atoms with van der Waals surface area (Å²) in [5, 5.41) is 12.0. The molecule has 0 saturated heterocycles. The zero-order valence-electron chi connectivity index (χ0n) is 10.7. The number of pyridine rings is 1. The number of nitrogens with one attached hydrogen (secondary N) is 1. The van der Waals surface area contributed by atoms with Crippen LogP contribution in [0.5, 0.6) is 0 Å². The van der Waals surface area contributed by atoms with Crippen LogP contribution in [0.4, 0.5) is 0 Å². The second-order valence-corrected chi connectivity index (χ2v) is 4.38. The Morgan fingerprint density at radius 1 is 1.00 bits per heavy atom. The lowest BCUT2D eigenvalue weighted by Gasteiger charge is -1.98. The molecule has 0 bridgehead atoms. The summed E-state index contributed by atoms with van der Waals surface area (Å²) in [6.07, 6.45) is 1.64. The number of hydrogen-bond donors (Lipinski definition) is 1. The minimum Gasteiger partial charge on any atom is -0.286 e. The van der Waals surface area contributed by atoms with Crippen LogP contribution >= 0.6 is 12.4 Å². The quantitative estimate of drug-likeness (QED) is 0.584. The van der Waals surface area contributed by atoms with Crippen LogP contribution in [-0.2, 0) is 0 Å². The average Bonchev–Trinajstić information content (AvgIpc) is 2.86.